The number of piperidine rings is 1. The lowest BCUT2D eigenvalue weighted by Gasteiger charge is -2.39. The normalized spacial score (nSPS) is 24.2. The van der Waals surface area contributed by atoms with E-state index in [9.17, 15) is 19.2 Å². The molecule has 5 fully saturated rings. The van der Waals surface area contributed by atoms with E-state index in [1.165, 1.54) is 36.5 Å². The van der Waals surface area contributed by atoms with Crippen LogP contribution in [0.1, 0.15) is 92.6 Å². The summed E-state index contributed by atoms with van der Waals surface area (Å²) >= 11 is 0. The molecule has 4 N–H and O–H groups in total. The van der Waals surface area contributed by atoms with Crippen molar-refractivity contribution in [3.8, 4) is 33.6 Å². The van der Waals surface area contributed by atoms with E-state index in [4.69, 9.17) is 28.9 Å². The Hall–Kier alpha value is -5.74. The van der Waals surface area contributed by atoms with Crippen LogP contribution in [-0.4, -0.2) is 119 Å². The van der Waals surface area contributed by atoms with Gasteiger partial charge in [0.1, 0.15) is 23.7 Å². The third-order valence-corrected chi connectivity index (χ3v) is 14.9. The number of methoxy groups -OCH3 is 2. The molecule has 4 amide bonds. The zero-order chi connectivity index (χ0) is 43.9. The number of likely N-dealkylation sites (tertiary alicyclic amines) is 2. The number of rotatable bonds is 10. The first-order valence-corrected chi connectivity index (χ1v) is 23.1. The second kappa shape index (κ2) is 18.0. The fraction of sp³-hybridized carbons (Fsp3) is 0.542. The summed E-state index contributed by atoms with van der Waals surface area (Å²) in [5.41, 5.74) is 8.87. The van der Waals surface area contributed by atoms with Gasteiger partial charge in [0.25, 0.3) is 0 Å². The Morgan fingerprint density at radius 3 is 1.83 bits per heavy atom. The van der Waals surface area contributed by atoms with E-state index in [2.05, 4.69) is 57.0 Å². The zero-order valence-electron chi connectivity index (χ0n) is 36.6. The number of benzene rings is 2. The smallest absolute Gasteiger partial charge is 0.407 e. The maximum Gasteiger partial charge on any atom is 0.407 e. The van der Waals surface area contributed by atoms with Crippen LogP contribution >= 0.6 is 0 Å². The summed E-state index contributed by atoms with van der Waals surface area (Å²) < 4.78 is 21.0. The summed E-state index contributed by atoms with van der Waals surface area (Å²) in [6, 6.07) is 11.5. The van der Waals surface area contributed by atoms with Crippen LogP contribution in [0.5, 0.6) is 0 Å². The number of aromatic amines is 2. The molecule has 4 saturated heterocycles. The van der Waals surface area contributed by atoms with Crippen molar-refractivity contribution >= 4 is 24.0 Å². The third kappa shape index (κ3) is 8.03. The highest BCUT2D eigenvalue weighted by Crippen LogP contribution is 2.50. The van der Waals surface area contributed by atoms with Gasteiger partial charge in [-0.05, 0) is 134 Å². The Morgan fingerprint density at radius 2 is 1.25 bits per heavy atom. The number of fused-ring (bicyclic) bond motifs is 5. The quantitative estimate of drug-likeness (QED) is 0.142. The largest absolute Gasteiger partial charge is 0.453 e. The second-order valence-corrected chi connectivity index (χ2v) is 18.3. The number of carbonyl (C=O) groups is 4. The Kier molecular flexibility index (Phi) is 11.9. The van der Waals surface area contributed by atoms with Gasteiger partial charge in [0, 0.05) is 39.0 Å². The van der Waals surface area contributed by atoms with E-state index in [1.54, 1.807) is 0 Å². The molecule has 2 aliphatic carbocycles. The number of amides is 4. The molecule has 0 spiro atoms. The molecule has 4 aromatic rings. The van der Waals surface area contributed by atoms with E-state index in [0.29, 0.717) is 64.6 Å². The molecule has 64 heavy (non-hydrogen) atoms. The van der Waals surface area contributed by atoms with Gasteiger partial charge in [-0.1, -0.05) is 24.3 Å². The number of imidazole rings is 2. The van der Waals surface area contributed by atoms with Crippen molar-refractivity contribution in [1.82, 2.24) is 40.4 Å². The molecule has 4 aliphatic heterocycles. The fourth-order valence-electron chi connectivity index (χ4n) is 11.6. The lowest BCUT2D eigenvalue weighted by Crippen LogP contribution is -2.55. The first kappa shape index (κ1) is 42.2. The Morgan fingerprint density at radius 1 is 0.703 bits per heavy atom. The van der Waals surface area contributed by atoms with Gasteiger partial charge in [-0.2, -0.15) is 0 Å². The minimum absolute atomic E-state index is 0.0229. The van der Waals surface area contributed by atoms with Crippen molar-refractivity contribution in [3.63, 3.8) is 0 Å². The molecule has 1 unspecified atom stereocenters. The molecule has 0 radical (unpaired) electrons. The number of H-pyrrole nitrogens is 2. The maximum absolute atomic E-state index is 14.4. The molecule has 10 rings (SSSR count). The number of alkyl carbamates (subject to hydrolysis) is 2. The SMILES string of the molecule is COC(=O)NC(C(=O)N1CCC[C@H]1c1ncc(-c2ccc3c(c2)CCc2cc(-c4cnc([C@@H]5[C@H]6CC[C@H](C6)N5C(=O)[C@@H](NC(=O)OC)C5CCOCC5)[nH]4)ccc2-3)[nH]1)C1CCOCC1. The number of ether oxygens (including phenoxy) is 4. The van der Waals surface area contributed by atoms with Crippen LogP contribution in [-0.2, 0) is 41.4 Å². The predicted molar refractivity (Wildman–Crippen MR) is 235 cm³/mol. The summed E-state index contributed by atoms with van der Waals surface area (Å²) in [6.07, 6.45) is 11.7. The molecule has 2 aromatic carbocycles. The van der Waals surface area contributed by atoms with Gasteiger partial charge >= 0.3 is 12.2 Å². The highest BCUT2D eigenvalue weighted by Gasteiger charge is 2.52. The number of carbonyl (C=O) groups excluding carboxylic acids is 4. The first-order chi connectivity index (χ1) is 31.3. The van der Waals surface area contributed by atoms with Gasteiger partial charge in [0.05, 0.1) is 50.1 Å². The Balaban J connectivity index is 0.843. The lowest BCUT2D eigenvalue weighted by atomic mass is 9.83. The number of hydrogen-bond donors (Lipinski definition) is 4. The van der Waals surface area contributed by atoms with Crippen LogP contribution < -0.4 is 10.6 Å². The predicted octanol–water partition coefficient (Wildman–Crippen LogP) is 6.25. The van der Waals surface area contributed by atoms with Gasteiger partial charge in [0.15, 0.2) is 0 Å². The fourth-order valence-corrected chi connectivity index (χ4v) is 11.6. The van der Waals surface area contributed by atoms with Crippen LogP contribution in [0.25, 0.3) is 33.6 Å². The number of aryl methyl sites for hydroxylation is 2. The van der Waals surface area contributed by atoms with E-state index >= 15 is 0 Å². The molecule has 2 aromatic heterocycles. The van der Waals surface area contributed by atoms with Crippen LogP contribution in [0.4, 0.5) is 9.59 Å². The highest BCUT2D eigenvalue weighted by atomic mass is 16.5. The standard InChI is InChI=1S/C48H58N8O8/c1-61-47(59)53-40(27-13-18-63-19-14-27)45(57)55-17-3-4-39(55)43-49-25-37(51-43)31-8-11-35-29(22-31)5-6-30-23-32(9-12-36(30)35)38-26-50-44(52-38)42-33-7-10-34(24-33)56(42)46(58)41(54-48(60)62-2)28-15-20-64-21-16-28/h8-9,11-12,22-23,25-28,33-34,39-42H,3-7,10,13-21,24H2,1-2H3,(H,49,51)(H,50,52)(H,53,59)(H,54,60)/t33-,34+,39-,40?,41-,42-/m0/s1. The molecule has 6 heterocycles. The van der Waals surface area contributed by atoms with Crippen molar-refractivity contribution in [2.75, 3.05) is 47.2 Å². The van der Waals surface area contributed by atoms with Crippen molar-refractivity contribution in [2.24, 2.45) is 17.8 Å². The van der Waals surface area contributed by atoms with Gasteiger partial charge in [-0.15, -0.1) is 0 Å². The van der Waals surface area contributed by atoms with E-state index in [1.807, 2.05) is 22.2 Å². The van der Waals surface area contributed by atoms with Crippen LogP contribution in [0.15, 0.2) is 48.8 Å². The minimum atomic E-state index is -0.683. The Bertz CT molecular complexity index is 2390. The van der Waals surface area contributed by atoms with Gasteiger partial charge in [0.2, 0.25) is 11.8 Å². The van der Waals surface area contributed by atoms with Crippen molar-refractivity contribution in [3.05, 3.63) is 71.6 Å². The molecule has 2 bridgehead atoms. The summed E-state index contributed by atoms with van der Waals surface area (Å²) in [5, 5.41) is 5.72. The number of nitrogens with zero attached hydrogens (tertiary/aromatic N) is 4. The number of hydrogen-bond acceptors (Lipinski definition) is 10. The molecule has 16 nitrogen and oxygen atoms in total. The Labute approximate surface area is 372 Å². The van der Waals surface area contributed by atoms with Crippen molar-refractivity contribution in [1.29, 1.82) is 0 Å². The zero-order valence-corrected chi connectivity index (χ0v) is 36.6. The first-order valence-electron chi connectivity index (χ1n) is 23.1. The topological polar surface area (TPSA) is 193 Å². The maximum atomic E-state index is 14.4. The molecule has 338 valence electrons. The molecule has 6 atom stereocenters. The monoisotopic (exact) mass is 874 g/mol. The molecule has 16 heteroatoms. The highest BCUT2D eigenvalue weighted by molar-refractivity contribution is 5.88. The van der Waals surface area contributed by atoms with Crippen LogP contribution in [0.3, 0.4) is 0 Å². The summed E-state index contributed by atoms with van der Waals surface area (Å²) in [5.74, 6) is 1.63. The lowest BCUT2D eigenvalue weighted by molar-refractivity contribution is -0.140. The van der Waals surface area contributed by atoms with E-state index < -0.39 is 24.3 Å². The average Bonchev–Trinajstić information content (AvgIpc) is 4.21. The van der Waals surface area contributed by atoms with Crippen molar-refractivity contribution < 1.29 is 38.1 Å². The van der Waals surface area contributed by atoms with Crippen LogP contribution in [0, 0.1) is 17.8 Å². The van der Waals surface area contributed by atoms with E-state index in [0.717, 1.165) is 79.1 Å². The third-order valence-electron chi connectivity index (χ3n) is 14.9. The van der Waals surface area contributed by atoms with Crippen molar-refractivity contribution in [2.45, 2.75) is 101 Å². The minimum Gasteiger partial charge on any atom is -0.453 e. The molecular weight excluding hydrogens is 817 g/mol. The molecule has 6 aliphatic rings. The van der Waals surface area contributed by atoms with Gasteiger partial charge in [-0.3, -0.25) is 9.59 Å². The summed E-state index contributed by atoms with van der Waals surface area (Å²) in [7, 11) is 2.65. The molecule has 1 saturated carbocycles. The van der Waals surface area contributed by atoms with E-state index in [-0.39, 0.29) is 41.8 Å². The second-order valence-electron chi connectivity index (χ2n) is 18.3. The summed E-state index contributed by atoms with van der Waals surface area (Å²) in [6.45, 7) is 2.86. The summed E-state index contributed by atoms with van der Waals surface area (Å²) in [4.78, 5) is 74.1. The van der Waals surface area contributed by atoms with Gasteiger partial charge in [-0.25, -0.2) is 19.6 Å². The number of nitrogens with one attached hydrogen (secondary N) is 4. The van der Waals surface area contributed by atoms with Crippen LogP contribution in [0.2, 0.25) is 0 Å². The number of aromatic nitrogens is 4. The van der Waals surface area contributed by atoms with Gasteiger partial charge < -0.3 is 49.3 Å². The molecular formula is C48H58N8O8. The average molecular weight is 875 g/mol.